The molecule has 0 saturated carbocycles. The SMILES string of the molecule is C[C@H]1CCC[C@H](C)N1C(=O)CSc1nc2sc3c(c2c(=O)[nH]1)CCCC3. The van der Waals surface area contributed by atoms with Crippen LogP contribution >= 0.6 is 23.1 Å². The maximum Gasteiger partial charge on any atom is 0.260 e. The number of carbonyl (C=O) groups excluding carboxylic acids is 1. The summed E-state index contributed by atoms with van der Waals surface area (Å²) < 4.78 is 0. The summed E-state index contributed by atoms with van der Waals surface area (Å²) in [4.78, 5) is 37.0. The number of thiophene rings is 1. The molecule has 0 bridgehead atoms. The molecule has 5 nitrogen and oxygen atoms in total. The molecule has 2 aromatic heterocycles. The monoisotopic (exact) mass is 391 g/mol. The van der Waals surface area contributed by atoms with Crippen molar-refractivity contribution in [3.8, 4) is 0 Å². The third kappa shape index (κ3) is 3.31. The zero-order valence-electron chi connectivity index (χ0n) is 15.3. The Labute approximate surface area is 161 Å². The number of hydrogen-bond acceptors (Lipinski definition) is 5. The molecular weight excluding hydrogens is 366 g/mol. The van der Waals surface area contributed by atoms with Gasteiger partial charge in [-0.2, -0.15) is 0 Å². The summed E-state index contributed by atoms with van der Waals surface area (Å²) in [7, 11) is 0. The van der Waals surface area contributed by atoms with Crippen LogP contribution in [0.25, 0.3) is 10.2 Å². The number of thioether (sulfide) groups is 1. The van der Waals surface area contributed by atoms with Gasteiger partial charge in [0.15, 0.2) is 5.16 Å². The Kier molecular flexibility index (Phi) is 5.10. The van der Waals surface area contributed by atoms with Crippen LogP contribution in [0.5, 0.6) is 0 Å². The smallest absolute Gasteiger partial charge is 0.260 e. The molecule has 1 aliphatic carbocycles. The van der Waals surface area contributed by atoms with Crippen LogP contribution in [-0.4, -0.2) is 38.6 Å². The van der Waals surface area contributed by atoms with E-state index in [0.29, 0.717) is 23.0 Å². The molecule has 1 N–H and O–H groups in total. The minimum absolute atomic E-state index is 0.0518. The van der Waals surface area contributed by atoms with Crippen molar-refractivity contribution < 1.29 is 4.79 Å². The van der Waals surface area contributed by atoms with Crippen molar-refractivity contribution in [3.05, 3.63) is 20.8 Å². The predicted molar refractivity (Wildman–Crippen MR) is 107 cm³/mol. The molecular formula is C19H25N3O2S2. The maximum absolute atomic E-state index is 12.7. The minimum atomic E-state index is -0.0518. The maximum atomic E-state index is 12.7. The Morgan fingerprint density at radius 2 is 1.96 bits per heavy atom. The van der Waals surface area contributed by atoms with E-state index in [1.54, 1.807) is 11.3 Å². The first-order valence-electron chi connectivity index (χ1n) is 9.53. The van der Waals surface area contributed by atoms with Gasteiger partial charge in [0.1, 0.15) is 4.83 Å². The van der Waals surface area contributed by atoms with Crippen LogP contribution in [0.1, 0.15) is 56.4 Å². The van der Waals surface area contributed by atoms with E-state index in [9.17, 15) is 9.59 Å². The second-order valence-electron chi connectivity index (χ2n) is 7.48. The Bertz CT molecular complexity index is 879. The van der Waals surface area contributed by atoms with E-state index in [2.05, 4.69) is 23.8 Å². The van der Waals surface area contributed by atoms with Crippen LogP contribution in [0.15, 0.2) is 9.95 Å². The van der Waals surface area contributed by atoms with Crippen LogP contribution in [0.2, 0.25) is 0 Å². The van der Waals surface area contributed by atoms with Crippen molar-refractivity contribution in [2.75, 3.05) is 5.75 Å². The molecule has 4 rings (SSSR count). The molecule has 140 valence electrons. The standard InChI is InChI=1S/C19H25N3O2S2/c1-11-6-5-7-12(2)22(11)15(23)10-25-19-20-17(24)16-13-8-3-4-9-14(13)26-18(16)21-19/h11-12H,3-10H2,1-2H3,(H,20,21,24)/t11-,12-/m0/s1. The molecule has 7 heteroatoms. The number of H-pyrrole nitrogens is 1. The summed E-state index contributed by atoms with van der Waals surface area (Å²) in [6.45, 7) is 4.25. The number of aromatic amines is 1. The first kappa shape index (κ1) is 18.0. The number of amides is 1. The average Bonchev–Trinajstić information content (AvgIpc) is 2.98. The lowest BCUT2D eigenvalue weighted by Crippen LogP contribution is -2.48. The molecule has 1 amide bonds. The van der Waals surface area contributed by atoms with Gasteiger partial charge < -0.3 is 9.88 Å². The number of fused-ring (bicyclic) bond motifs is 3. The second kappa shape index (κ2) is 7.35. The highest BCUT2D eigenvalue weighted by Gasteiger charge is 2.29. The molecule has 2 aromatic rings. The van der Waals surface area contributed by atoms with Gasteiger partial charge in [-0.25, -0.2) is 4.98 Å². The molecule has 26 heavy (non-hydrogen) atoms. The molecule has 1 fully saturated rings. The van der Waals surface area contributed by atoms with Crippen molar-refractivity contribution in [2.45, 2.75) is 76.0 Å². The molecule has 0 aromatic carbocycles. The predicted octanol–water partition coefficient (Wildman–Crippen LogP) is 3.75. The van der Waals surface area contributed by atoms with Gasteiger partial charge in [0.05, 0.1) is 11.1 Å². The van der Waals surface area contributed by atoms with Crippen molar-refractivity contribution in [2.24, 2.45) is 0 Å². The highest BCUT2D eigenvalue weighted by atomic mass is 32.2. The summed E-state index contributed by atoms with van der Waals surface area (Å²) in [6, 6.07) is 0.593. The Morgan fingerprint density at radius 1 is 1.23 bits per heavy atom. The number of aryl methyl sites for hydroxylation is 2. The van der Waals surface area contributed by atoms with E-state index < -0.39 is 0 Å². The minimum Gasteiger partial charge on any atom is -0.337 e. The van der Waals surface area contributed by atoms with E-state index in [1.165, 1.54) is 35.0 Å². The van der Waals surface area contributed by atoms with E-state index in [4.69, 9.17) is 0 Å². The largest absolute Gasteiger partial charge is 0.337 e. The summed E-state index contributed by atoms with van der Waals surface area (Å²) in [5.41, 5.74) is 1.15. The van der Waals surface area contributed by atoms with Crippen molar-refractivity contribution in [1.29, 1.82) is 0 Å². The first-order valence-corrected chi connectivity index (χ1v) is 11.3. The Morgan fingerprint density at radius 3 is 2.73 bits per heavy atom. The molecule has 2 atom stereocenters. The summed E-state index contributed by atoms with van der Waals surface area (Å²) in [5.74, 6) is 0.469. The summed E-state index contributed by atoms with van der Waals surface area (Å²) >= 11 is 3.00. The third-order valence-electron chi connectivity index (χ3n) is 5.62. The molecule has 3 heterocycles. The normalized spacial score (nSPS) is 23.2. The van der Waals surface area contributed by atoms with Crippen LogP contribution in [0, 0.1) is 0 Å². The number of piperidine rings is 1. The first-order chi connectivity index (χ1) is 12.5. The van der Waals surface area contributed by atoms with Gasteiger partial charge in [0, 0.05) is 17.0 Å². The van der Waals surface area contributed by atoms with Crippen LogP contribution in [-0.2, 0) is 17.6 Å². The molecule has 1 aliphatic heterocycles. The Hall–Kier alpha value is -1.34. The van der Waals surface area contributed by atoms with Gasteiger partial charge in [-0.3, -0.25) is 9.59 Å². The zero-order valence-corrected chi connectivity index (χ0v) is 17.0. The van der Waals surface area contributed by atoms with Crippen molar-refractivity contribution in [3.63, 3.8) is 0 Å². The van der Waals surface area contributed by atoms with Crippen molar-refractivity contribution in [1.82, 2.24) is 14.9 Å². The Balaban J connectivity index is 1.52. The fraction of sp³-hybridized carbons (Fsp3) is 0.632. The van der Waals surface area contributed by atoms with Gasteiger partial charge in [0.2, 0.25) is 5.91 Å². The van der Waals surface area contributed by atoms with Gasteiger partial charge in [-0.15, -0.1) is 11.3 Å². The molecule has 0 spiro atoms. The lowest BCUT2D eigenvalue weighted by Gasteiger charge is -2.39. The molecule has 0 unspecified atom stereocenters. The highest BCUT2D eigenvalue weighted by molar-refractivity contribution is 7.99. The number of nitrogens with one attached hydrogen (secondary N) is 1. The van der Waals surface area contributed by atoms with E-state index in [-0.39, 0.29) is 11.5 Å². The molecule has 2 aliphatic rings. The number of rotatable bonds is 3. The average molecular weight is 392 g/mol. The third-order valence-corrected chi connectivity index (χ3v) is 7.66. The zero-order chi connectivity index (χ0) is 18.3. The van der Waals surface area contributed by atoms with Gasteiger partial charge in [-0.1, -0.05) is 11.8 Å². The van der Waals surface area contributed by atoms with E-state index >= 15 is 0 Å². The lowest BCUT2D eigenvalue weighted by molar-refractivity contribution is -0.134. The number of nitrogens with zero attached hydrogens (tertiary/aromatic N) is 2. The number of likely N-dealkylation sites (tertiary alicyclic amines) is 1. The number of hydrogen-bond donors (Lipinski definition) is 1. The highest BCUT2D eigenvalue weighted by Crippen LogP contribution is 2.34. The molecule has 1 saturated heterocycles. The van der Waals surface area contributed by atoms with Crippen LogP contribution < -0.4 is 5.56 Å². The van der Waals surface area contributed by atoms with Gasteiger partial charge >= 0.3 is 0 Å². The second-order valence-corrected chi connectivity index (χ2v) is 9.53. The quantitative estimate of drug-likeness (QED) is 0.639. The molecule has 0 radical (unpaired) electrons. The summed E-state index contributed by atoms with van der Waals surface area (Å²) in [6.07, 6.45) is 7.71. The number of aromatic nitrogens is 2. The number of carbonyl (C=O) groups is 1. The van der Waals surface area contributed by atoms with Gasteiger partial charge in [-0.05, 0) is 64.4 Å². The fourth-order valence-electron chi connectivity index (χ4n) is 4.33. The fourth-order valence-corrected chi connectivity index (χ4v) is 6.38. The van der Waals surface area contributed by atoms with E-state index in [0.717, 1.165) is 42.3 Å². The van der Waals surface area contributed by atoms with Gasteiger partial charge in [0.25, 0.3) is 5.56 Å². The van der Waals surface area contributed by atoms with Crippen LogP contribution in [0.3, 0.4) is 0 Å². The summed E-state index contributed by atoms with van der Waals surface area (Å²) in [5, 5.41) is 1.34. The lowest BCUT2D eigenvalue weighted by atomic mass is 9.97. The van der Waals surface area contributed by atoms with E-state index in [1.807, 2.05) is 4.90 Å². The van der Waals surface area contributed by atoms with Crippen molar-refractivity contribution >= 4 is 39.2 Å². The van der Waals surface area contributed by atoms with Crippen LogP contribution in [0.4, 0.5) is 0 Å². The topological polar surface area (TPSA) is 66.1 Å².